The van der Waals surface area contributed by atoms with E-state index in [1.54, 1.807) is 36.6 Å². The van der Waals surface area contributed by atoms with Crippen LogP contribution in [0.3, 0.4) is 0 Å². The van der Waals surface area contributed by atoms with Crippen LogP contribution < -0.4 is 10.1 Å². The number of anilines is 1. The van der Waals surface area contributed by atoms with Gasteiger partial charge in [-0.1, -0.05) is 30.3 Å². The first-order chi connectivity index (χ1) is 13.6. The predicted octanol–water partition coefficient (Wildman–Crippen LogP) is 4.90. The van der Waals surface area contributed by atoms with E-state index >= 15 is 0 Å². The van der Waals surface area contributed by atoms with Crippen molar-refractivity contribution in [2.24, 2.45) is 0 Å². The van der Waals surface area contributed by atoms with E-state index in [1.807, 2.05) is 0 Å². The van der Waals surface area contributed by atoms with Gasteiger partial charge in [0.25, 0.3) is 0 Å². The van der Waals surface area contributed by atoms with E-state index in [-0.39, 0.29) is 11.7 Å². The lowest BCUT2D eigenvalue weighted by Crippen LogP contribution is -2.15. The van der Waals surface area contributed by atoms with Crippen LogP contribution >= 0.6 is 34.7 Å². The molecule has 1 amide bonds. The van der Waals surface area contributed by atoms with Gasteiger partial charge in [0.1, 0.15) is 16.6 Å². The van der Waals surface area contributed by atoms with E-state index in [1.165, 1.54) is 16.5 Å². The summed E-state index contributed by atoms with van der Waals surface area (Å²) in [6, 6.07) is 9.29. The fourth-order valence-corrected chi connectivity index (χ4v) is 4.70. The third-order valence-corrected chi connectivity index (χ3v) is 6.31. The summed E-state index contributed by atoms with van der Waals surface area (Å²) < 4.78 is 8.57. The molecule has 0 bridgehead atoms. The largest absolute Gasteiger partial charge is 0.495 e. The number of nitrogens with one attached hydrogen (secondary N) is 1. The number of nitrogens with zero attached hydrogens (tertiary/aromatic N) is 3. The average molecular weight is 433 g/mol. The van der Waals surface area contributed by atoms with Gasteiger partial charge >= 0.3 is 0 Å². The molecule has 6 nitrogen and oxygen atoms in total. The molecule has 0 aliphatic rings. The summed E-state index contributed by atoms with van der Waals surface area (Å²) in [4.78, 5) is 12.5. The molecule has 0 atom stereocenters. The number of rotatable bonds is 6. The molecule has 144 valence electrons. The molecule has 3 heterocycles. The van der Waals surface area contributed by atoms with Crippen molar-refractivity contribution < 1.29 is 9.53 Å². The summed E-state index contributed by atoms with van der Waals surface area (Å²) in [5.41, 5.74) is 2.65. The first kappa shape index (κ1) is 19.0. The first-order valence-corrected chi connectivity index (χ1v) is 10.9. The predicted molar refractivity (Wildman–Crippen MR) is 115 cm³/mol. The van der Waals surface area contributed by atoms with Crippen molar-refractivity contribution >= 4 is 62.0 Å². The molecular formula is C19H17ClN4O2S2. The molecule has 3 aromatic heterocycles. The number of aryl methyl sites for hydroxylation is 1. The zero-order valence-corrected chi connectivity index (χ0v) is 17.6. The number of aromatic nitrogens is 3. The number of halogens is 1. The normalized spacial score (nSPS) is 11.2. The Morgan fingerprint density at radius 3 is 2.93 bits per heavy atom. The fourth-order valence-electron chi connectivity index (χ4n) is 2.99. The summed E-state index contributed by atoms with van der Waals surface area (Å²) in [6.45, 7) is 2.06. The Labute approximate surface area is 174 Å². The minimum absolute atomic E-state index is 0.168. The topological polar surface area (TPSA) is 68.5 Å². The van der Waals surface area contributed by atoms with Crippen LogP contribution in [0, 0.1) is 0 Å². The van der Waals surface area contributed by atoms with Crippen LogP contribution in [-0.2, 0) is 11.2 Å². The van der Waals surface area contributed by atoms with E-state index in [9.17, 15) is 4.79 Å². The van der Waals surface area contributed by atoms with Gasteiger partial charge in [0, 0.05) is 11.4 Å². The van der Waals surface area contributed by atoms with Gasteiger partial charge in [-0.3, -0.25) is 9.20 Å². The number of fused-ring (bicyclic) bond motifs is 3. The molecular weight excluding hydrogens is 416 g/mol. The SMILES string of the molecule is CCc1nnc(SCC(=O)Nc2cc(Cl)ccc2OC)c2cc3sccc3n12. The Balaban J connectivity index is 1.56. The molecule has 0 saturated carbocycles. The molecule has 0 fully saturated rings. The summed E-state index contributed by atoms with van der Waals surface area (Å²) >= 11 is 9.06. The molecule has 0 radical (unpaired) electrons. The van der Waals surface area contributed by atoms with Gasteiger partial charge in [-0.25, -0.2) is 0 Å². The number of ether oxygens (including phenoxy) is 1. The van der Waals surface area contributed by atoms with Crippen LogP contribution in [0.15, 0.2) is 40.7 Å². The lowest BCUT2D eigenvalue weighted by molar-refractivity contribution is -0.113. The minimum Gasteiger partial charge on any atom is -0.495 e. The number of hydrogen-bond acceptors (Lipinski definition) is 6. The lowest BCUT2D eigenvalue weighted by Gasteiger charge is -2.11. The number of methoxy groups -OCH3 is 1. The number of hydrogen-bond donors (Lipinski definition) is 1. The molecule has 0 spiro atoms. The number of thioether (sulfide) groups is 1. The number of benzene rings is 1. The zero-order valence-electron chi connectivity index (χ0n) is 15.2. The van der Waals surface area contributed by atoms with Gasteiger partial charge in [0.15, 0.2) is 0 Å². The van der Waals surface area contributed by atoms with Gasteiger partial charge in [0.2, 0.25) is 5.91 Å². The number of thiophene rings is 1. The van der Waals surface area contributed by atoms with Crippen molar-refractivity contribution in [2.75, 3.05) is 18.2 Å². The summed E-state index contributed by atoms with van der Waals surface area (Å²) in [5, 5.41) is 14.9. The minimum atomic E-state index is -0.168. The van der Waals surface area contributed by atoms with Gasteiger partial charge in [0.05, 0.1) is 34.3 Å². The van der Waals surface area contributed by atoms with Crippen LogP contribution in [0.5, 0.6) is 5.75 Å². The standard InChI is InChI=1S/C19H17ClN4O2S2/c1-3-17-22-23-19(14-9-16-13(24(14)17)6-7-27-16)28-10-18(25)21-12-8-11(20)4-5-15(12)26-2/h4-9H,3,10H2,1-2H3,(H,21,25). The zero-order chi connectivity index (χ0) is 19.7. The van der Waals surface area contributed by atoms with E-state index in [2.05, 4.69) is 44.4 Å². The summed E-state index contributed by atoms with van der Waals surface area (Å²) in [7, 11) is 1.55. The van der Waals surface area contributed by atoms with E-state index in [0.717, 1.165) is 28.3 Å². The molecule has 1 aromatic carbocycles. The molecule has 0 aliphatic heterocycles. The average Bonchev–Trinajstić information content (AvgIpc) is 3.28. The van der Waals surface area contributed by atoms with Crippen molar-refractivity contribution in [3.8, 4) is 5.75 Å². The van der Waals surface area contributed by atoms with E-state index < -0.39 is 0 Å². The van der Waals surface area contributed by atoms with Crippen LogP contribution in [0.4, 0.5) is 5.69 Å². The molecule has 28 heavy (non-hydrogen) atoms. The maximum atomic E-state index is 12.5. The summed E-state index contributed by atoms with van der Waals surface area (Å²) in [6.07, 6.45) is 0.781. The molecule has 0 saturated heterocycles. The highest BCUT2D eigenvalue weighted by Crippen LogP contribution is 2.32. The molecule has 1 N–H and O–H groups in total. The quantitative estimate of drug-likeness (QED) is 0.439. The second-order valence-electron chi connectivity index (χ2n) is 5.99. The van der Waals surface area contributed by atoms with Crippen molar-refractivity contribution in [3.05, 3.63) is 46.6 Å². The highest BCUT2D eigenvalue weighted by Gasteiger charge is 2.15. The number of carbonyl (C=O) groups excluding carboxylic acids is 1. The van der Waals surface area contributed by atoms with Crippen LogP contribution in [0.25, 0.3) is 15.7 Å². The highest BCUT2D eigenvalue weighted by atomic mass is 35.5. The maximum Gasteiger partial charge on any atom is 0.234 e. The second-order valence-corrected chi connectivity index (χ2v) is 8.34. The Bertz CT molecular complexity index is 1170. The molecule has 9 heteroatoms. The van der Waals surface area contributed by atoms with E-state index in [4.69, 9.17) is 16.3 Å². The maximum absolute atomic E-state index is 12.5. The Hall–Kier alpha value is -2.29. The first-order valence-electron chi connectivity index (χ1n) is 8.61. The fraction of sp³-hybridized carbons (Fsp3) is 0.211. The van der Waals surface area contributed by atoms with Gasteiger partial charge < -0.3 is 10.1 Å². The third-order valence-electron chi connectivity index (χ3n) is 4.25. The van der Waals surface area contributed by atoms with Gasteiger partial charge in [-0.05, 0) is 35.7 Å². The smallest absolute Gasteiger partial charge is 0.234 e. The van der Waals surface area contributed by atoms with Crippen LogP contribution in [0.2, 0.25) is 5.02 Å². The second kappa shape index (κ2) is 7.98. The highest BCUT2D eigenvalue weighted by molar-refractivity contribution is 8.00. The Morgan fingerprint density at radius 1 is 1.29 bits per heavy atom. The number of carbonyl (C=O) groups is 1. The monoisotopic (exact) mass is 432 g/mol. The molecule has 0 aliphatic carbocycles. The molecule has 0 unspecified atom stereocenters. The van der Waals surface area contributed by atoms with Crippen LogP contribution in [-0.4, -0.2) is 33.4 Å². The van der Waals surface area contributed by atoms with E-state index in [0.29, 0.717) is 16.5 Å². The molecule has 4 aromatic rings. The third kappa shape index (κ3) is 3.55. The van der Waals surface area contributed by atoms with Gasteiger partial charge in [-0.2, -0.15) is 0 Å². The van der Waals surface area contributed by atoms with Gasteiger partial charge in [-0.15, -0.1) is 21.5 Å². The van der Waals surface area contributed by atoms with Crippen molar-refractivity contribution in [1.82, 2.24) is 14.6 Å². The Kier molecular flexibility index (Phi) is 5.43. The van der Waals surface area contributed by atoms with Crippen molar-refractivity contribution in [2.45, 2.75) is 18.4 Å². The van der Waals surface area contributed by atoms with Crippen molar-refractivity contribution in [1.29, 1.82) is 0 Å². The number of amides is 1. The Morgan fingerprint density at radius 2 is 2.14 bits per heavy atom. The lowest BCUT2D eigenvalue weighted by atomic mass is 10.3. The van der Waals surface area contributed by atoms with Crippen molar-refractivity contribution in [3.63, 3.8) is 0 Å². The molecule has 4 rings (SSSR count). The summed E-state index contributed by atoms with van der Waals surface area (Å²) in [5.74, 6) is 1.49. The van der Waals surface area contributed by atoms with Crippen LogP contribution in [0.1, 0.15) is 12.7 Å².